The predicted octanol–water partition coefficient (Wildman–Crippen LogP) is 8.19. The number of nitrogens with zero attached hydrogens (tertiary/aromatic N) is 6. The van der Waals surface area contributed by atoms with E-state index >= 15 is 0 Å². The Morgan fingerprint density at radius 2 is 1.66 bits per heavy atom. The van der Waals surface area contributed by atoms with Gasteiger partial charge in [0.25, 0.3) is 5.24 Å². The molecule has 13 heteroatoms. The topological polar surface area (TPSA) is 133 Å². The van der Waals surface area contributed by atoms with E-state index in [-0.39, 0.29) is 23.7 Å². The first-order chi connectivity index (χ1) is 28.6. The fourth-order valence-electron chi connectivity index (χ4n) is 7.60. The number of ether oxygens (including phenoxy) is 2. The van der Waals surface area contributed by atoms with E-state index in [4.69, 9.17) is 24.4 Å². The largest absolute Gasteiger partial charge is 0.486 e. The van der Waals surface area contributed by atoms with E-state index in [2.05, 4.69) is 65.0 Å². The maximum atomic E-state index is 12.4. The van der Waals surface area contributed by atoms with E-state index in [1.165, 1.54) is 7.11 Å². The number of methoxy groups -OCH3 is 1. The van der Waals surface area contributed by atoms with Crippen molar-refractivity contribution in [1.82, 2.24) is 29.4 Å². The molecule has 0 bridgehead atoms. The molecule has 4 aromatic carbocycles. The number of aromatic nitrogens is 5. The lowest BCUT2D eigenvalue weighted by molar-refractivity contribution is -0.118. The summed E-state index contributed by atoms with van der Waals surface area (Å²) in [5.74, 6) is 2.71. The molecule has 0 radical (unpaired) electrons. The third-order valence-electron chi connectivity index (χ3n) is 10.7. The van der Waals surface area contributed by atoms with Gasteiger partial charge in [-0.15, -0.1) is 0 Å². The first-order valence-corrected chi connectivity index (χ1v) is 20.5. The second-order valence-electron chi connectivity index (χ2n) is 14.9. The Balaban J connectivity index is 0.974. The lowest BCUT2D eigenvalue weighted by atomic mass is 9.98. The number of hydrogen-bond acceptors (Lipinski definition) is 10. The predicted molar refractivity (Wildman–Crippen MR) is 231 cm³/mol. The number of imide groups is 1. The lowest BCUT2D eigenvalue weighted by Gasteiger charge is -2.19. The molecule has 12 nitrogen and oxygen atoms in total. The molecule has 4 heterocycles. The standard InChI is InChI=1S/C46H45N7O5S/c1-6-9-40-48-42-28(2)22-31(23-37(42)53(40)26-30-12-16-32(17-13-30)34-10-7-8-11-35(34)45(55)57-5)25-51(3)39-21-20-36-43(49-39)52(4)41(47-36)27-58-33-18-14-29(15-19-33)24-38-44(54)50-46(56)59-38/h7-8,10-23,38H,6,9,24-27H2,1-5H3,(H,50,54,56). The van der Waals surface area contributed by atoms with Crippen molar-refractivity contribution in [3.63, 3.8) is 0 Å². The molecule has 1 fully saturated rings. The molecule has 1 aliphatic rings. The molecule has 0 spiro atoms. The van der Waals surface area contributed by atoms with Crippen LogP contribution in [-0.2, 0) is 49.1 Å². The molecule has 1 saturated heterocycles. The molecular formula is C46H45N7O5S. The van der Waals surface area contributed by atoms with Gasteiger partial charge in [0.05, 0.1) is 29.0 Å². The van der Waals surface area contributed by atoms with Crippen LogP contribution in [0.2, 0.25) is 0 Å². The first-order valence-electron chi connectivity index (χ1n) is 19.6. The number of aryl methyl sites for hydroxylation is 3. The minimum absolute atomic E-state index is 0.246. The highest BCUT2D eigenvalue weighted by atomic mass is 32.2. The third kappa shape index (κ3) is 8.28. The van der Waals surface area contributed by atoms with Crippen molar-refractivity contribution in [2.45, 2.75) is 58.1 Å². The fraction of sp³-hybridized carbons (Fsp3) is 0.261. The minimum atomic E-state index is -0.407. The number of thioether (sulfide) groups is 1. The molecule has 8 rings (SSSR count). The van der Waals surface area contributed by atoms with E-state index in [0.29, 0.717) is 30.8 Å². The quantitative estimate of drug-likeness (QED) is 0.107. The molecule has 0 saturated carbocycles. The average Bonchev–Trinajstić information content (AvgIpc) is 3.87. The summed E-state index contributed by atoms with van der Waals surface area (Å²) in [6.07, 6.45) is 2.33. The lowest BCUT2D eigenvalue weighted by Crippen LogP contribution is -2.25. The van der Waals surface area contributed by atoms with Gasteiger partial charge in [-0.1, -0.05) is 79.3 Å². The number of carbonyl (C=O) groups excluding carboxylic acids is 3. The number of anilines is 1. The number of esters is 1. The second kappa shape index (κ2) is 16.8. The normalized spacial score (nSPS) is 13.9. The van der Waals surface area contributed by atoms with Crippen LogP contribution in [0.25, 0.3) is 33.3 Å². The van der Waals surface area contributed by atoms with Crippen molar-refractivity contribution in [3.8, 4) is 16.9 Å². The third-order valence-corrected chi connectivity index (χ3v) is 11.7. The fourth-order valence-corrected chi connectivity index (χ4v) is 8.46. The van der Waals surface area contributed by atoms with E-state index in [1.807, 2.05) is 73.3 Å². The summed E-state index contributed by atoms with van der Waals surface area (Å²) in [4.78, 5) is 53.0. The van der Waals surface area contributed by atoms with Gasteiger partial charge in [0.2, 0.25) is 5.91 Å². The van der Waals surface area contributed by atoms with Gasteiger partial charge in [-0.2, -0.15) is 0 Å². The van der Waals surface area contributed by atoms with E-state index in [0.717, 1.165) is 97.6 Å². The van der Waals surface area contributed by atoms with E-state index in [9.17, 15) is 14.4 Å². The Bertz CT molecular complexity index is 2710. The van der Waals surface area contributed by atoms with E-state index in [1.54, 1.807) is 6.07 Å². The van der Waals surface area contributed by atoms with Crippen LogP contribution >= 0.6 is 11.8 Å². The summed E-state index contributed by atoms with van der Waals surface area (Å²) in [7, 11) is 5.40. The number of hydrogen-bond donors (Lipinski definition) is 1. The summed E-state index contributed by atoms with van der Waals surface area (Å²) in [6, 6.07) is 31.9. The van der Waals surface area contributed by atoms with Gasteiger partial charge in [-0.05, 0) is 89.5 Å². The van der Waals surface area contributed by atoms with Crippen molar-refractivity contribution >= 4 is 56.9 Å². The van der Waals surface area contributed by atoms with Gasteiger partial charge in [0.15, 0.2) is 5.65 Å². The monoisotopic (exact) mass is 807 g/mol. The molecule has 1 unspecified atom stereocenters. The van der Waals surface area contributed by atoms with Gasteiger partial charge in [0.1, 0.15) is 35.3 Å². The zero-order chi connectivity index (χ0) is 41.2. The maximum absolute atomic E-state index is 12.4. The van der Waals surface area contributed by atoms with Crippen LogP contribution < -0.4 is 15.0 Å². The Morgan fingerprint density at radius 3 is 2.39 bits per heavy atom. The Kier molecular flexibility index (Phi) is 11.2. The van der Waals surface area contributed by atoms with Crippen LogP contribution in [0.15, 0.2) is 97.1 Å². The SMILES string of the molecule is CCCc1nc2c(C)cc(CN(C)c3ccc4nc(COc5ccc(CC6SC(=O)NC6=O)cc5)n(C)c4n3)cc2n1Cc1ccc(-c2ccccc2C(=O)OC)cc1. The summed E-state index contributed by atoms with van der Waals surface area (Å²) in [5, 5.41) is 1.63. The Morgan fingerprint density at radius 1 is 0.898 bits per heavy atom. The zero-order valence-corrected chi connectivity index (χ0v) is 34.5. The Hall–Kier alpha value is -6.47. The van der Waals surface area contributed by atoms with Crippen molar-refractivity contribution in [3.05, 3.63) is 137 Å². The number of pyridine rings is 1. The van der Waals surface area contributed by atoms with Crippen LogP contribution in [0.3, 0.4) is 0 Å². The van der Waals surface area contributed by atoms with Gasteiger partial charge in [-0.25, -0.2) is 19.7 Å². The van der Waals surface area contributed by atoms with Crippen LogP contribution in [0.4, 0.5) is 10.6 Å². The van der Waals surface area contributed by atoms with Crippen LogP contribution in [-0.4, -0.2) is 60.6 Å². The molecule has 0 aliphatic carbocycles. The van der Waals surface area contributed by atoms with Crippen LogP contribution in [0.5, 0.6) is 5.75 Å². The molecule has 7 aromatic rings. The van der Waals surface area contributed by atoms with Crippen LogP contribution in [0.1, 0.15) is 57.6 Å². The molecule has 2 amide bonds. The van der Waals surface area contributed by atoms with Crippen molar-refractivity contribution < 1.29 is 23.9 Å². The minimum Gasteiger partial charge on any atom is -0.486 e. The van der Waals surface area contributed by atoms with Gasteiger partial charge in [-0.3, -0.25) is 14.9 Å². The van der Waals surface area contributed by atoms with E-state index < -0.39 is 5.25 Å². The summed E-state index contributed by atoms with van der Waals surface area (Å²) in [6.45, 7) is 5.87. The summed E-state index contributed by atoms with van der Waals surface area (Å²) < 4.78 is 15.4. The van der Waals surface area contributed by atoms with Crippen molar-refractivity contribution in [2.75, 3.05) is 19.1 Å². The highest BCUT2D eigenvalue weighted by Crippen LogP contribution is 2.29. The molecule has 300 valence electrons. The molecule has 59 heavy (non-hydrogen) atoms. The smallest absolute Gasteiger partial charge is 0.338 e. The number of imidazole rings is 2. The summed E-state index contributed by atoms with van der Waals surface area (Å²) >= 11 is 1.03. The van der Waals surface area contributed by atoms with Gasteiger partial charge >= 0.3 is 5.97 Å². The van der Waals surface area contributed by atoms with Gasteiger partial charge in [0, 0.05) is 33.6 Å². The first kappa shape index (κ1) is 39.4. The van der Waals surface area contributed by atoms with Crippen molar-refractivity contribution in [1.29, 1.82) is 0 Å². The molecule has 3 aromatic heterocycles. The molecule has 1 N–H and O–H groups in total. The van der Waals surface area contributed by atoms with Gasteiger partial charge < -0.3 is 23.5 Å². The summed E-state index contributed by atoms with van der Waals surface area (Å²) in [5.41, 5.74) is 10.4. The van der Waals surface area contributed by atoms with Crippen LogP contribution in [0, 0.1) is 6.92 Å². The number of benzene rings is 4. The number of fused-ring (bicyclic) bond motifs is 2. The highest BCUT2D eigenvalue weighted by Gasteiger charge is 2.31. The zero-order valence-electron chi connectivity index (χ0n) is 33.7. The average molecular weight is 808 g/mol. The number of rotatable bonds is 14. The number of carbonyl (C=O) groups is 3. The number of nitrogens with one attached hydrogen (secondary N) is 1. The molecule has 1 atom stereocenters. The molecule has 1 aliphatic heterocycles. The maximum Gasteiger partial charge on any atom is 0.338 e. The highest BCUT2D eigenvalue weighted by molar-refractivity contribution is 8.15. The van der Waals surface area contributed by atoms with Crippen molar-refractivity contribution in [2.24, 2.45) is 7.05 Å². The number of amides is 2. The molecular weight excluding hydrogens is 763 g/mol. The Labute approximate surface area is 346 Å². The second-order valence-corrected chi connectivity index (χ2v) is 16.0.